The third kappa shape index (κ3) is 2.41. The first-order chi connectivity index (χ1) is 8.49. The molecule has 0 aliphatic rings. The van der Waals surface area contributed by atoms with E-state index in [1.54, 1.807) is 12.1 Å². The minimum atomic E-state index is -0.381. The lowest BCUT2D eigenvalue weighted by molar-refractivity contribution is 0.398. The number of nitrogens with zero attached hydrogens (tertiary/aromatic N) is 2. The van der Waals surface area contributed by atoms with Crippen molar-refractivity contribution in [2.24, 2.45) is 11.7 Å². The lowest BCUT2D eigenvalue weighted by Crippen LogP contribution is -2.18. The van der Waals surface area contributed by atoms with Gasteiger partial charge in [0, 0.05) is 0 Å². The summed E-state index contributed by atoms with van der Waals surface area (Å²) in [6, 6.07) is 4.44. The zero-order valence-corrected chi connectivity index (χ0v) is 10.6. The van der Waals surface area contributed by atoms with Crippen LogP contribution in [0.4, 0.5) is 4.39 Å². The highest BCUT2D eigenvalue weighted by Crippen LogP contribution is 2.24. The molecule has 0 saturated heterocycles. The van der Waals surface area contributed by atoms with E-state index in [4.69, 9.17) is 10.3 Å². The Morgan fingerprint density at radius 3 is 2.72 bits per heavy atom. The summed E-state index contributed by atoms with van der Waals surface area (Å²) in [6.07, 6.45) is 0. The van der Waals surface area contributed by atoms with Gasteiger partial charge in [0.05, 0.1) is 11.6 Å². The minimum Gasteiger partial charge on any atom is -0.334 e. The van der Waals surface area contributed by atoms with E-state index in [2.05, 4.69) is 10.1 Å². The van der Waals surface area contributed by atoms with Crippen LogP contribution in [0.2, 0.25) is 0 Å². The molecule has 1 heterocycles. The van der Waals surface area contributed by atoms with E-state index in [-0.39, 0.29) is 23.7 Å². The van der Waals surface area contributed by atoms with Crippen molar-refractivity contribution in [1.82, 2.24) is 10.1 Å². The van der Waals surface area contributed by atoms with Gasteiger partial charge in [-0.1, -0.05) is 30.6 Å². The number of halogens is 1. The Hall–Kier alpha value is -1.75. The number of aryl methyl sites for hydroxylation is 1. The van der Waals surface area contributed by atoms with Gasteiger partial charge in [0.1, 0.15) is 5.82 Å². The summed E-state index contributed by atoms with van der Waals surface area (Å²) >= 11 is 0. The quantitative estimate of drug-likeness (QED) is 0.908. The van der Waals surface area contributed by atoms with Gasteiger partial charge in [-0.15, -0.1) is 0 Å². The van der Waals surface area contributed by atoms with E-state index >= 15 is 0 Å². The van der Waals surface area contributed by atoms with Gasteiger partial charge in [-0.25, -0.2) is 4.39 Å². The maximum atomic E-state index is 13.7. The second-order valence-corrected chi connectivity index (χ2v) is 4.71. The number of hydrogen-bond donors (Lipinski definition) is 1. The topological polar surface area (TPSA) is 64.9 Å². The van der Waals surface area contributed by atoms with Gasteiger partial charge in [-0.2, -0.15) is 4.98 Å². The molecule has 2 aromatic rings. The molecule has 1 unspecified atom stereocenters. The fourth-order valence-electron chi connectivity index (χ4n) is 1.58. The number of aromatic nitrogens is 2. The number of nitrogens with two attached hydrogens (primary N) is 1. The average molecular weight is 249 g/mol. The van der Waals surface area contributed by atoms with Crippen molar-refractivity contribution in [3.8, 4) is 11.5 Å². The Morgan fingerprint density at radius 1 is 1.33 bits per heavy atom. The predicted octanol–water partition coefficient (Wildman–Crippen LogP) is 2.84. The highest BCUT2D eigenvalue weighted by molar-refractivity contribution is 5.55. The molecule has 5 heteroatoms. The first-order valence-corrected chi connectivity index (χ1v) is 5.84. The average Bonchev–Trinajstić information content (AvgIpc) is 2.80. The summed E-state index contributed by atoms with van der Waals surface area (Å²) in [7, 11) is 0. The summed E-state index contributed by atoms with van der Waals surface area (Å²) in [5.41, 5.74) is 7.16. The summed E-state index contributed by atoms with van der Waals surface area (Å²) in [6.45, 7) is 5.81. The molecular formula is C13H16FN3O. The summed E-state index contributed by atoms with van der Waals surface area (Å²) in [4.78, 5) is 4.16. The molecule has 96 valence electrons. The lowest BCUT2D eigenvalue weighted by atomic mass is 10.1. The van der Waals surface area contributed by atoms with Gasteiger partial charge >= 0.3 is 0 Å². The molecule has 0 bridgehead atoms. The van der Waals surface area contributed by atoms with Crippen LogP contribution in [0.1, 0.15) is 31.3 Å². The first kappa shape index (κ1) is 12.7. The molecule has 0 fully saturated rings. The van der Waals surface area contributed by atoms with Gasteiger partial charge in [-0.05, 0) is 25.0 Å². The molecule has 2 rings (SSSR count). The molecule has 0 radical (unpaired) electrons. The fraction of sp³-hybridized carbons (Fsp3) is 0.385. The van der Waals surface area contributed by atoms with E-state index < -0.39 is 0 Å². The minimum absolute atomic E-state index is 0.169. The standard InChI is InChI=1S/C13H16FN3O/c1-7(2)11(15)12-16-13(18-17-12)9-6-8(3)4-5-10(9)14/h4-7,11H,15H2,1-3H3. The molecule has 0 aliphatic carbocycles. The van der Waals surface area contributed by atoms with Gasteiger partial charge < -0.3 is 10.3 Å². The highest BCUT2D eigenvalue weighted by Gasteiger charge is 2.19. The maximum Gasteiger partial charge on any atom is 0.260 e. The number of rotatable bonds is 3. The van der Waals surface area contributed by atoms with Crippen LogP contribution < -0.4 is 5.73 Å². The molecule has 0 aliphatic heterocycles. The van der Waals surface area contributed by atoms with Gasteiger partial charge in [0.15, 0.2) is 5.82 Å². The van der Waals surface area contributed by atoms with Crippen LogP contribution in [0.3, 0.4) is 0 Å². The van der Waals surface area contributed by atoms with Crippen molar-refractivity contribution >= 4 is 0 Å². The van der Waals surface area contributed by atoms with Gasteiger partial charge in [0.2, 0.25) is 0 Å². The molecule has 0 saturated carbocycles. The summed E-state index contributed by atoms with van der Waals surface area (Å²) < 4.78 is 18.7. The molecule has 1 aromatic carbocycles. The second kappa shape index (κ2) is 4.86. The highest BCUT2D eigenvalue weighted by atomic mass is 19.1. The van der Waals surface area contributed by atoms with E-state index in [1.165, 1.54) is 6.07 Å². The zero-order valence-electron chi connectivity index (χ0n) is 10.6. The van der Waals surface area contributed by atoms with Crippen molar-refractivity contribution in [2.75, 3.05) is 0 Å². The predicted molar refractivity (Wildman–Crippen MR) is 66.2 cm³/mol. The third-order valence-electron chi connectivity index (χ3n) is 2.81. The Balaban J connectivity index is 2.38. The van der Waals surface area contributed by atoms with Crippen molar-refractivity contribution in [3.63, 3.8) is 0 Å². The molecule has 4 nitrogen and oxygen atoms in total. The fourth-order valence-corrected chi connectivity index (χ4v) is 1.58. The molecule has 1 aromatic heterocycles. The van der Waals surface area contributed by atoms with E-state index in [9.17, 15) is 4.39 Å². The van der Waals surface area contributed by atoms with Gasteiger partial charge in [-0.3, -0.25) is 0 Å². The smallest absolute Gasteiger partial charge is 0.260 e. The molecule has 0 spiro atoms. The number of benzene rings is 1. The zero-order chi connectivity index (χ0) is 13.3. The van der Waals surface area contributed by atoms with Crippen molar-refractivity contribution in [3.05, 3.63) is 35.4 Å². The first-order valence-electron chi connectivity index (χ1n) is 5.84. The molecule has 0 amide bonds. The van der Waals surface area contributed by atoms with Crippen LogP contribution in [0.5, 0.6) is 0 Å². The van der Waals surface area contributed by atoms with E-state index in [1.807, 2.05) is 20.8 Å². The normalized spacial score (nSPS) is 13.0. The molecule has 2 N–H and O–H groups in total. The second-order valence-electron chi connectivity index (χ2n) is 4.71. The molecule has 1 atom stereocenters. The Bertz CT molecular complexity index is 551. The van der Waals surface area contributed by atoms with Crippen LogP contribution in [0, 0.1) is 18.7 Å². The largest absolute Gasteiger partial charge is 0.334 e. The summed E-state index contributed by atoms with van der Waals surface area (Å²) in [5, 5.41) is 3.81. The van der Waals surface area contributed by atoms with Crippen LogP contribution in [-0.4, -0.2) is 10.1 Å². The van der Waals surface area contributed by atoms with E-state index in [0.717, 1.165) is 5.56 Å². The number of hydrogen-bond acceptors (Lipinski definition) is 4. The SMILES string of the molecule is Cc1ccc(F)c(-c2nc(C(N)C(C)C)no2)c1. The molecular weight excluding hydrogens is 233 g/mol. The van der Waals surface area contributed by atoms with Crippen LogP contribution in [-0.2, 0) is 0 Å². The van der Waals surface area contributed by atoms with Crippen LogP contribution in [0.15, 0.2) is 22.7 Å². The Labute approximate surface area is 105 Å². The third-order valence-corrected chi connectivity index (χ3v) is 2.81. The maximum absolute atomic E-state index is 13.7. The van der Waals surface area contributed by atoms with Gasteiger partial charge in [0.25, 0.3) is 5.89 Å². The van der Waals surface area contributed by atoms with Crippen molar-refractivity contribution in [2.45, 2.75) is 26.8 Å². The van der Waals surface area contributed by atoms with E-state index in [0.29, 0.717) is 11.4 Å². The molecule has 18 heavy (non-hydrogen) atoms. The lowest BCUT2D eigenvalue weighted by Gasteiger charge is -2.09. The van der Waals surface area contributed by atoms with Crippen LogP contribution >= 0.6 is 0 Å². The monoisotopic (exact) mass is 249 g/mol. The summed E-state index contributed by atoms with van der Waals surface area (Å²) in [5.74, 6) is 0.384. The van der Waals surface area contributed by atoms with Crippen LogP contribution in [0.25, 0.3) is 11.5 Å². The van der Waals surface area contributed by atoms with Crippen molar-refractivity contribution < 1.29 is 8.91 Å². The Kier molecular flexibility index (Phi) is 3.43. The Morgan fingerprint density at radius 2 is 2.06 bits per heavy atom. The van der Waals surface area contributed by atoms with Crippen molar-refractivity contribution in [1.29, 1.82) is 0 Å².